The number of hydrogen-bond acceptors (Lipinski definition) is 6. The molecule has 1 aromatic carbocycles. The van der Waals surface area contributed by atoms with Crippen molar-refractivity contribution in [2.75, 3.05) is 11.9 Å². The van der Waals surface area contributed by atoms with Crippen LogP contribution in [0.1, 0.15) is 11.7 Å². The number of nitrogens with two attached hydrogens (primary N) is 2. The Labute approximate surface area is 119 Å². The number of aliphatic hydroxyl groups is 1. The third-order valence-corrected chi connectivity index (χ3v) is 2.45. The van der Waals surface area contributed by atoms with E-state index in [1.165, 1.54) is 24.3 Å². The van der Waals surface area contributed by atoms with E-state index in [1.54, 1.807) is 0 Å². The lowest BCUT2D eigenvalue weighted by Gasteiger charge is -2.10. The Morgan fingerprint density at radius 1 is 1.24 bits per heavy atom. The van der Waals surface area contributed by atoms with Crippen LogP contribution >= 0.6 is 0 Å². The fourth-order valence-electron chi connectivity index (χ4n) is 1.30. The summed E-state index contributed by atoms with van der Waals surface area (Å²) in [6.45, 7) is -0.473. The number of benzene rings is 1. The van der Waals surface area contributed by atoms with Crippen molar-refractivity contribution in [1.29, 1.82) is 0 Å². The molecule has 0 aliphatic carbocycles. The minimum atomic E-state index is -1.43. The number of aliphatic hydroxyl groups excluding tert-OH is 1. The largest absolute Gasteiger partial charge is 0.480 e. The number of carbonyl (C=O) groups excluding carboxylic acids is 2. The van der Waals surface area contributed by atoms with E-state index < -0.39 is 36.7 Å². The molecule has 2 atom stereocenters. The first-order valence-electron chi connectivity index (χ1n) is 5.80. The lowest BCUT2D eigenvalue weighted by molar-refractivity contribution is -0.139. The summed E-state index contributed by atoms with van der Waals surface area (Å²) < 4.78 is 4.61. The zero-order valence-corrected chi connectivity index (χ0v) is 10.9. The molecule has 7 N–H and O–H groups in total. The van der Waals surface area contributed by atoms with E-state index >= 15 is 0 Å². The van der Waals surface area contributed by atoms with Gasteiger partial charge in [0.05, 0.1) is 0 Å². The number of carbonyl (C=O) groups is 3. The van der Waals surface area contributed by atoms with Gasteiger partial charge in [-0.2, -0.15) is 0 Å². The van der Waals surface area contributed by atoms with Gasteiger partial charge in [0.25, 0.3) is 5.91 Å². The molecule has 0 saturated carbocycles. The van der Waals surface area contributed by atoms with Crippen molar-refractivity contribution in [3.05, 3.63) is 29.8 Å². The Bertz CT molecular complexity index is 530. The summed E-state index contributed by atoms with van der Waals surface area (Å²) in [5.74, 6) is -2.18. The summed E-state index contributed by atoms with van der Waals surface area (Å²) in [5, 5.41) is 20.2. The number of anilines is 1. The molecular formula is C12H15N3O6. The average Bonchev–Trinajstić information content (AvgIpc) is 2.44. The van der Waals surface area contributed by atoms with Crippen LogP contribution in [0.25, 0.3) is 0 Å². The Morgan fingerprint density at radius 2 is 1.81 bits per heavy atom. The number of hydrogen-bond donors (Lipinski definition) is 5. The summed E-state index contributed by atoms with van der Waals surface area (Å²) in [6.07, 6.45) is -2.31. The van der Waals surface area contributed by atoms with E-state index in [9.17, 15) is 19.5 Å². The van der Waals surface area contributed by atoms with Crippen molar-refractivity contribution in [3.63, 3.8) is 0 Å². The third-order valence-electron chi connectivity index (χ3n) is 2.45. The second-order valence-electron chi connectivity index (χ2n) is 4.10. The molecule has 9 heteroatoms. The zero-order valence-electron chi connectivity index (χ0n) is 10.9. The maximum atomic E-state index is 11.4. The predicted molar refractivity (Wildman–Crippen MR) is 71.2 cm³/mol. The Kier molecular flexibility index (Phi) is 5.64. The number of ether oxygens (including phenoxy) is 1. The lowest BCUT2D eigenvalue weighted by Crippen LogP contribution is -2.36. The molecule has 1 rings (SSSR count). The molecule has 2 unspecified atom stereocenters. The highest BCUT2D eigenvalue weighted by atomic mass is 16.5. The van der Waals surface area contributed by atoms with Gasteiger partial charge in [-0.1, -0.05) is 12.1 Å². The molecule has 0 spiro atoms. The summed E-state index contributed by atoms with van der Waals surface area (Å²) in [7, 11) is 0. The quantitative estimate of drug-likeness (QED) is 0.456. The molecule has 2 amide bonds. The maximum Gasteiger partial charge on any atom is 0.411 e. The number of carboxylic acid groups (broad SMARTS) is 1. The second-order valence-corrected chi connectivity index (χ2v) is 4.10. The van der Waals surface area contributed by atoms with Crippen LogP contribution in [-0.4, -0.2) is 40.8 Å². The molecule has 0 fully saturated rings. The van der Waals surface area contributed by atoms with Crippen molar-refractivity contribution >= 4 is 23.7 Å². The molecule has 0 bridgehead atoms. The standard InChI is InChI=1S/C12H15N3O6/c13-8(11(18)19)5-21-12(20)15-7-3-1-6(2-4-7)9(16)10(14)17/h1-4,8-9,16H,5,13H2,(H2,14,17)(H,15,20)(H,18,19). The summed E-state index contributed by atoms with van der Waals surface area (Å²) in [6, 6.07) is 4.32. The number of primary amides is 1. The monoisotopic (exact) mass is 297 g/mol. The topological polar surface area (TPSA) is 165 Å². The molecule has 21 heavy (non-hydrogen) atoms. The highest BCUT2D eigenvalue weighted by molar-refractivity contribution is 5.85. The van der Waals surface area contributed by atoms with Crippen LogP contribution in [0.3, 0.4) is 0 Å². The Balaban J connectivity index is 2.54. The van der Waals surface area contributed by atoms with Crippen molar-refractivity contribution in [2.45, 2.75) is 12.1 Å². The van der Waals surface area contributed by atoms with Gasteiger partial charge in [-0.25, -0.2) is 4.79 Å². The van der Waals surface area contributed by atoms with E-state index in [2.05, 4.69) is 10.1 Å². The van der Waals surface area contributed by atoms with Gasteiger partial charge in [0.2, 0.25) is 0 Å². The number of aliphatic carboxylic acids is 1. The second kappa shape index (κ2) is 7.22. The minimum absolute atomic E-state index is 0.273. The van der Waals surface area contributed by atoms with E-state index in [-0.39, 0.29) is 5.56 Å². The maximum absolute atomic E-state index is 11.4. The van der Waals surface area contributed by atoms with Crippen LogP contribution in [-0.2, 0) is 14.3 Å². The van der Waals surface area contributed by atoms with Gasteiger partial charge in [-0.05, 0) is 17.7 Å². The van der Waals surface area contributed by atoms with Crippen LogP contribution in [0.5, 0.6) is 0 Å². The van der Waals surface area contributed by atoms with Crippen molar-refractivity contribution in [2.24, 2.45) is 11.5 Å². The summed E-state index contributed by atoms with van der Waals surface area (Å²) in [4.78, 5) is 32.6. The lowest BCUT2D eigenvalue weighted by atomic mass is 10.1. The third kappa shape index (κ3) is 5.09. The number of amides is 2. The van der Waals surface area contributed by atoms with Crippen molar-refractivity contribution in [3.8, 4) is 0 Å². The molecule has 9 nitrogen and oxygen atoms in total. The van der Waals surface area contributed by atoms with E-state index in [0.29, 0.717) is 5.69 Å². The molecule has 114 valence electrons. The van der Waals surface area contributed by atoms with E-state index in [4.69, 9.17) is 16.6 Å². The van der Waals surface area contributed by atoms with Crippen LogP contribution in [0, 0.1) is 0 Å². The molecule has 0 heterocycles. The van der Waals surface area contributed by atoms with Gasteiger partial charge in [0.15, 0.2) is 6.10 Å². The van der Waals surface area contributed by atoms with Gasteiger partial charge in [-0.15, -0.1) is 0 Å². The van der Waals surface area contributed by atoms with Crippen LogP contribution in [0.4, 0.5) is 10.5 Å². The van der Waals surface area contributed by atoms with Gasteiger partial charge < -0.3 is 26.4 Å². The average molecular weight is 297 g/mol. The summed E-state index contributed by atoms with van der Waals surface area (Å²) in [5.41, 5.74) is 10.7. The minimum Gasteiger partial charge on any atom is -0.480 e. The molecule has 0 aliphatic rings. The normalized spacial score (nSPS) is 13.0. The van der Waals surface area contributed by atoms with E-state index in [1.807, 2.05) is 0 Å². The molecule has 0 aromatic heterocycles. The fraction of sp³-hybridized carbons (Fsp3) is 0.250. The van der Waals surface area contributed by atoms with Crippen molar-refractivity contribution in [1.82, 2.24) is 0 Å². The first kappa shape index (κ1) is 16.4. The van der Waals surface area contributed by atoms with Crippen LogP contribution in [0.2, 0.25) is 0 Å². The highest BCUT2D eigenvalue weighted by Gasteiger charge is 2.15. The van der Waals surface area contributed by atoms with Gasteiger partial charge >= 0.3 is 12.1 Å². The summed E-state index contributed by atoms with van der Waals surface area (Å²) >= 11 is 0. The first-order chi connectivity index (χ1) is 9.81. The fourth-order valence-corrected chi connectivity index (χ4v) is 1.30. The molecule has 0 saturated heterocycles. The Morgan fingerprint density at radius 3 is 2.29 bits per heavy atom. The number of nitrogens with one attached hydrogen (secondary N) is 1. The van der Waals surface area contributed by atoms with Gasteiger partial charge in [-0.3, -0.25) is 14.9 Å². The van der Waals surface area contributed by atoms with E-state index in [0.717, 1.165) is 0 Å². The SMILES string of the molecule is NC(=O)C(O)c1ccc(NC(=O)OCC(N)C(=O)O)cc1. The van der Waals surface area contributed by atoms with Crippen molar-refractivity contribution < 1.29 is 29.3 Å². The van der Waals surface area contributed by atoms with Gasteiger partial charge in [0, 0.05) is 5.69 Å². The smallest absolute Gasteiger partial charge is 0.411 e. The number of carboxylic acids is 1. The highest BCUT2D eigenvalue weighted by Crippen LogP contribution is 2.16. The molecule has 0 aliphatic heterocycles. The van der Waals surface area contributed by atoms with Gasteiger partial charge in [0.1, 0.15) is 12.6 Å². The van der Waals surface area contributed by atoms with Crippen LogP contribution < -0.4 is 16.8 Å². The van der Waals surface area contributed by atoms with Crippen LogP contribution in [0.15, 0.2) is 24.3 Å². The molecule has 1 aromatic rings. The first-order valence-corrected chi connectivity index (χ1v) is 5.80. The Hall–Kier alpha value is -2.65. The molecule has 0 radical (unpaired) electrons. The zero-order chi connectivity index (χ0) is 16.0. The molecular weight excluding hydrogens is 282 g/mol. The predicted octanol–water partition coefficient (Wildman–Crippen LogP) is -0.834. The number of rotatable bonds is 6.